The van der Waals surface area contributed by atoms with E-state index in [-0.39, 0.29) is 41.9 Å². The van der Waals surface area contributed by atoms with Gasteiger partial charge in [-0.3, -0.25) is 9.69 Å². The molecule has 2 saturated heterocycles. The molecular formula is C17H24N2O5S. The van der Waals surface area contributed by atoms with Crippen LogP contribution in [0.3, 0.4) is 0 Å². The van der Waals surface area contributed by atoms with Crippen LogP contribution < -0.4 is 0 Å². The predicted octanol–water partition coefficient (Wildman–Crippen LogP) is 0.662. The van der Waals surface area contributed by atoms with Gasteiger partial charge in [0.2, 0.25) is 0 Å². The van der Waals surface area contributed by atoms with E-state index in [1.54, 1.807) is 11.0 Å². The van der Waals surface area contributed by atoms with E-state index in [9.17, 15) is 13.2 Å². The van der Waals surface area contributed by atoms with E-state index < -0.39 is 9.84 Å². The van der Waals surface area contributed by atoms with Gasteiger partial charge < -0.3 is 14.4 Å². The molecule has 0 saturated carbocycles. The largest absolute Gasteiger partial charge is 0.453 e. The van der Waals surface area contributed by atoms with Gasteiger partial charge in [0, 0.05) is 25.7 Å². The van der Waals surface area contributed by atoms with E-state index in [4.69, 9.17) is 9.52 Å². The number of piperazine rings is 1. The van der Waals surface area contributed by atoms with E-state index in [0.717, 1.165) is 0 Å². The highest BCUT2D eigenvalue weighted by Crippen LogP contribution is 2.28. The smallest absolute Gasteiger partial charge is 0.289 e. The van der Waals surface area contributed by atoms with E-state index in [2.05, 4.69) is 11.0 Å². The molecule has 0 bridgehead atoms. The van der Waals surface area contributed by atoms with Gasteiger partial charge in [-0.15, -0.1) is 0 Å². The Morgan fingerprint density at radius 2 is 2.00 bits per heavy atom. The summed E-state index contributed by atoms with van der Waals surface area (Å²) in [5.74, 6) is 0.222. The van der Waals surface area contributed by atoms with Crippen molar-refractivity contribution in [1.82, 2.24) is 9.80 Å². The van der Waals surface area contributed by atoms with Crippen LogP contribution in [0.15, 0.2) is 28.2 Å². The van der Waals surface area contributed by atoms with Crippen LogP contribution in [0.1, 0.15) is 30.2 Å². The second-order valence-electron chi connectivity index (χ2n) is 6.91. The van der Waals surface area contributed by atoms with Crippen LogP contribution in [0.5, 0.6) is 0 Å². The number of hydrogen-bond donors (Lipinski definition) is 1. The van der Waals surface area contributed by atoms with Gasteiger partial charge in [0.25, 0.3) is 5.91 Å². The van der Waals surface area contributed by atoms with Gasteiger partial charge in [0.1, 0.15) is 12.4 Å². The zero-order valence-electron chi connectivity index (χ0n) is 14.5. The number of nitrogens with zero attached hydrogens (tertiary/aromatic N) is 2. The molecule has 2 aliphatic rings. The first-order valence-corrected chi connectivity index (χ1v) is 10.2. The number of aliphatic hydroxyl groups is 1. The molecule has 0 unspecified atom stereocenters. The number of carbonyl (C=O) groups is 1. The molecule has 138 valence electrons. The van der Waals surface area contributed by atoms with Crippen molar-refractivity contribution in [3.63, 3.8) is 0 Å². The van der Waals surface area contributed by atoms with E-state index >= 15 is 0 Å². The molecule has 0 radical (unpaired) electrons. The van der Waals surface area contributed by atoms with Crippen molar-refractivity contribution in [1.29, 1.82) is 0 Å². The van der Waals surface area contributed by atoms with Crippen molar-refractivity contribution < 1.29 is 22.7 Å². The minimum absolute atomic E-state index is 0.0116. The molecule has 25 heavy (non-hydrogen) atoms. The third kappa shape index (κ3) is 3.80. The van der Waals surface area contributed by atoms with Gasteiger partial charge in [-0.1, -0.05) is 11.6 Å². The van der Waals surface area contributed by atoms with E-state index in [0.29, 0.717) is 25.4 Å². The monoisotopic (exact) mass is 368 g/mol. The first-order chi connectivity index (χ1) is 11.8. The van der Waals surface area contributed by atoms with Crippen molar-refractivity contribution in [2.75, 3.05) is 31.1 Å². The second-order valence-corrected chi connectivity index (χ2v) is 9.06. The molecule has 3 rings (SSSR count). The second kappa shape index (κ2) is 6.93. The first kappa shape index (κ1) is 18.2. The molecule has 2 aliphatic heterocycles. The third-order valence-electron chi connectivity index (χ3n) is 4.81. The van der Waals surface area contributed by atoms with Gasteiger partial charge >= 0.3 is 0 Å². The van der Waals surface area contributed by atoms with Crippen LogP contribution in [0.2, 0.25) is 0 Å². The Kier molecular flexibility index (Phi) is 5.04. The van der Waals surface area contributed by atoms with Crippen molar-refractivity contribution in [3.05, 3.63) is 35.3 Å². The van der Waals surface area contributed by atoms with Crippen LogP contribution in [-0.4, -0.2) is 72.5 Å². The highest BCUT2D eigenvalue weighted by atomic mass is 32.2. The lowest BCUT2D eigenvalue weighted by Gasteiger charge is -2.43. The molecule has 1 amide bonds. The lowest BCUT2D eigenvalue weighted by molar-refractivity contribution is 0.0339. The predicted molar refractivity (Wildman–Crippen MR) is 92.9 cm³/mol. The highest BCUT2D eigenvalue weighted by Gasteiger charge is 2.48. The van der Waals surface area contributed by atoms with Crippen LogP contribution in [0.4, 0.5) is 0 Å². The zero-order chi connectivity index (χ0) is 18.2. The molecule has 1 aromatic rings. The molecule has 0 aliphatic carbocycles. The molecule has 8 heteroatoms. The SMILES string of the molecule is CC(C)=CCN1CCN(C(=O)c2ccc(CO)o2)[C@H]2CS(=O)(=O)C[C@H]21. The van der Waals surface area contributed by atoms with Crippen LogP contribution >= 0.6 is 0 Å². The number of hydrogen-bond acceptors (Lipinski definition) is 6. The third-order valence-corrected chi connectivity index (χ3v) is 6.51. The van der Waals surface area contributed by atoms with Crippen molar-refractivity contribution in [2.45, 2.75) is 32.5 Å². The zero-order valence-corrected chi connectivity index (χ0v) is 15.3. The topological polar surface area (TPSA) is 91.1 Å². The number of amides is 1. The molecule has 2 fully saturated rings. The average molecular weight is 368 g/mol. The van der Waals surface area contributed by atoms with Crippen molar-refractivity contribution in [2.24, 2.45) is 0 Å². The molecule has 3 heterocycles. The standard InChI is InChI=1S/C17H24N2O5S/c1-12(2)5-6-18-7-8-19(15-11-25(22,23)10-14(15)18)17(21)16-4-3-13(9-20)24-16/h3-5,14-15,20H,6-11H2,1-2H3/t14-,15+/m1/s1. The number of carbonyl (C=O) groups excluding carboxylic acids is 1. The quantitative estimate of drug-likeness (QED) is 0.785. The fraction of sp³-hybridized carbons (Fsp3) is 0.588. The molecule has 0 aromatic carbocycles. The summed E-state index contributed by atoms with van der Waals surface area (Å²) in [5.41, 5.74) is 1.18. The molecule has 7 nitrogen and oxygen atoms in total. The van der Waals surface area contributed by atoms with Gasteiger partial charge in [0.05, 0.1) is 17.5 Å². The Hall–Kier alpha value is -1.64. The molecule has 1 N–H and O–H groups in total. The number of furan rings is 1. The summed E-state index contributed by atoms with van der Waals surface area (Å²) in [6, 6.07) is 2.54. The maximum atomic E-state index is 12.8. The lowest BCUT2D eigenvalue weighted by atomic mass is 10.0. The Morgan fingerprint density at radius 3 is 2.64 bits per heavy atom. The summed E-state index contributed by atoms with van der Waals surface area (Å²) in [6.45, 7) is 5.53. The number of rotatable bonds is 4. The maximum absolute atomic E-state index is 12.8. The lowest BCUT2D eigenvalue weighted by Crippen LogP contribution is -2.60. The Bertz CT molecular complexity index is 779. The summed E-state index contributed by atoms with van der Waals surface area (Å²) in [6.07, 6.45) is 2.08. The Morgan fingerprint density at radius 1 is 1.28 bits per heavy atom. The number of fused-ring (bicyclic) bond motifs is 1. The minimum Gasteiger partial charge on any atom is -0.453 e. The Balaban J connectivity index is 1.83. The molecule has 1 aromatic heterocycles. The van der Waals surface area contributed by atoms with Crippen LogP contribution in [-0.2, 0) is 16.4 Å². The summed E-state index contributed by atoms with van der Waals surface area (Å²) in [5, 5.41) is 9.09. The fourth-order valence-electron chi connectivity index (χ4n) is 3.52. The van der Waals surface area contributed by atoms with Crippen molar-refractivity contribution in [3.8, 4) is 0 Å². The molecular weight excluding hydrogens is 344 g/mol. The highest BCUT2D eigenvalue weighted by molar-refractivity contribution is 7.91. The maximum Gasteiger partial charge on any atom is 0.289 e. The molecule has 2 atom stereocenters. The van der Waals surface area contributed by atoms with Crippen LogP contribution in [0, 0.1) is 0 Å². The fourth-order valence-corrected chi connectivity index (χ4v) is 5.53. The first-order valence-electron chi connectivity index (χ1n) is 8.39. The number of sulfone groups is 1. The average Bonchev–Trinajstić information content (AvgIpc) is 3.14. The van der Waals surface area contributed by atoms with E-state index in [1.165, 1.54) is 11.6 Å². The normalized spacial score (nSPS) is 25.6. The Labute approximate surface area is 147 Å². The summed E-state index contributed by atoms with van der Waals surface area (Å²) >= 11 is 0. The summed E-state index contributed by atoms with van der Waals surface area (Å²) in [4.78, 5) is 16.5. The number of allylic oxidation sites excluding steroid dienone is 1. The van der Waals surface area contributed by atoms with Crippen molar-refractivity contribution >= 4 is 15.7 Å². The number of aliphatic hydroxyl groups excluding tert-OH is 1. The summed E-state index contributed by atoms with van der Waals surface area (Å²) in [7, 11) is -3.18. The molecule has 0 spiro atoms. The van der Waals surface area contributed by atoms with Gasteiger partial charge in [-0.2, -0.15) is 0 Å². The van der Waals surface area contributed by atoms with Crippen LogP contribution in [0.25, 0.3) is 0 Å². The summed E-state index contributed by atoms with van der Waals surface area (Å²) < 4.78 is 29.7. The van der Waals surface area contributed by atoms with Gasteiger partial charge in [-0.25, -0.2) is 8.42 Å². The van der Waals surface area contributed by atoms with Gasteiger partial charge in [-0.05, 0) is 26.0 Å². The minimum atomic E-state index is -3.18. The van der Waals surface area contributed by atoms with E-state index in [1.807, 2.05) is 13.8 Å². The van der Waals surface area contributed by atoms with Gasteiger partial charge in [0.15, 0.2) is 15.6 Å².